The number of hydrogen-bond acceptors (Lipinski definition) is 2. The zero-order chi connectivity index (χ0) is 8.85. The highest BCUT2D eigenvalue weighted by molar-refractivity contribution is 6.04. The van der Waals surface area contributed by atoms with Crippen molar-refractivity contribution in [2.75, 3.05) is 6.54 Å². The van der Waals surface area contributed by atoms with Gasteiger partial charge in [0.15, 0.2) is 0 Å². The molecule has 0 amide bonds. The lowest BCUT2D eigenvalue weighted by Gasteiger charge is -2.24. The summed E-state index contributed by atoms with van der Waals surface area (Å²) in [7, 11) is 1.09. The van der Waals surface area contributed by atoms with Crippen molar-refractivity contribution in [3.63, 3.8) is 0 Å². The van der Waals surface area contributed by atoms with Crippen LogP contribution in [-0.2, 0) is 0 Å². The molecule has 11 heavy (non-hydrogen) atoms. The third-order valence-corrected chi connectivity index (χ3v) is 2.98. The van der Waals surface area contributed by atoms with E-state index < -0.39 is 0 Å². The molecule has 0 heterocycles. The zero-order valence-corrected chi connectivity index (χ0v) is 10.2. The molecular weight excluding hydrogens is 152 g/mol. The number of hydrogen-bond donors (Lipinski definition) is 2. The van der Waals surface area contributed by atoms with Gasteiger partial charge in [-0.1, -0.05) is 20.8 Å². The van der Waals surface area contributed by atoms with Gasteiger partial charge in [-0.25, -0.2) is 0 Å². The summed E-state index contributed by atoms with van der Waals surface area (Å²) in [5, 5.41) is 0. The van der Waals surface area contributed by atoms with Crippen LogP contribution in [0.2, 0.25) is 0 Å². The van der Waals surface area contributed by atoms with E-state index in [1.54, 1.807) is 0 Å². The van der Waals surface area contributed by atoms with Crippen molar-refractivity contribution in [3.05, 3.63) is 0 Å². The molecule has 2 nitrogen and oxygen atoms in total. The fourth-order valence-corrected chi connectivity index (χ4v) is 1.95. The van der Waals surface area contributed by atoms with E-state index >= 15 is 0 Å². The van der Waals surface area contributed by atoms with E-state index in [1.807, 2.05) is 0 Å². The van der Waals surface area contributed by atoms with Gasteiger partial charge in [-0.05, 0) is 24.8 Å². The molecule has 0 rings (SSSR count). The molecule has 0 aromatic carbocycles. The maximum atomic E-state index is 5.93. The van der Waals surface area contributed by atoms with Gasteiger partial charge >= 0.3 is 0 Å². The molecule has 0 aliphatic carbocycles. The van der Waals surface area contributed by atoms with Gasteiger partial charge in [-0.3, -0.25) is 0 Å². The summed E-state index contributed by atoms with van der Waals surface area (Å²) in [6.45, 7) is 7.80. The van der Waals surface area contributed by atoms with Gasteiger partial charge in [-0.15, -0.1) is 0 Å². The Morgan fingerprint density at radius 2 is 2.00 bits per heavy atom. The molecule has 0 aromatic heterocycles. The monoisotopic (exact) mass is 174 g/mol. The minimum atomic E-state index is 0.375. The van der Waals surface area contributed by atoms with E-state index in [0.717, 1.165) is 23.4 Å². The van der Waals surface area contributed by atoms with Gasteiger partial charge in [0.2, 0.25) is 0 Å². The molecule has 3 heteroatoms. The van der Waals surface area contributed by atoms with Crippen LogP contribution in [0.1, 0.15) is 27.2 Å². The predicted octanol–water partition coefficient (Wildman–Crippen LogP) is -0.134. The van der Waals surface area contributed by atoms with Crippen LogP contribution in [0.5, 0.6) is 0 Å². The molecule has 0 radical (unpaired) electrons. The Morgan fingerprint density at radius 3 is 2.36 bits per heavy atom. The number of nitrogens with one attached hydrogen (secondary N) is 1. The minimum absolute atomic E-state index is 0.375. The van der Waals surface area contributed by atoms with Crippen LogP contribution >= 0.6 is 0 Å². The van der Waals surface area contributed by atoms with Crippen LogP contribution in [0.3, 0.4) is 0 Å². The normalized spacial score (nSPS) is 19.6. The second-order valence-electron chi connectivity index (χ2n) is 3.47. The molecule has 0 saturated carbocycles. The highest BCUT2D eigenvalue weighted by Crippen LogP contribution is 2.14. The van der Waals surface area contributed by atoms with Crippen molar-refractivity contribution in [1.29, 1.82) is 0 Å². The molecular formula is C8H22N2Si. The molecule has 3 N–H and O–H groups in total. The minimum Gasteiger partial charge on any atom is -0.345 e. The lowest BCUT2D eigenvalue weighted by atomic mass is 9.88. The van der Waals surface area contributed by atoms with Gasteiger partial charge in [0.1, 0.15) is 0 Å². The first-order valence-electron chi connectivity index (χ1n) is 4.53. The second kappa shape index (κ2) is 5.74. The predicted molar refractivity (Wildman–Crippen MR) is 54.5 cm³/mol. The maximum Gasteiger partial charge on any atom is 0.0749 e. The molecule has 0 aromatic rings. The topological polar surface area (TPSA) is 38.0 Å². The Kier molecular flexibility index (Phi) is 5.82. The Hall–Kier alpha value is 0.137. The van der Waals surface area contributed by atoms with E-state index in [9.17, 15) is 0 Å². The number of rotatable bonds is 5. The molecule has 68 valence electrons. The Labute approximate surface area is 73.4 Å². The number of nitrogens with two attached hydrogens (primary N) is 1. The smallest absolute Gasteiger partial charge is 0.0749 e. The van der Waals surface area contributed by atoms with Crippen LogP contribution in [0.25, 0.3) is 0 Å². The summed E-state index contributed by atoms with van der Waals surface area (Å²) < 4.78 is 0. The van der Waals surface area contributed by atoms with Gasteiger partial charge in [-0.2, -0.15) is 0 Å². The van der Waals surface area contributed by atoms with E-state index in [-0.39, 0.29) is 0 Å². The fraction of sp³-hybridized carbons (Fsp3) is 1.00. The molecule has 3 unspecified atom stereocenters. The molecule has 0 spiro atoms. The SMILES string of the molecule is CCC(N)C(C)C(C)CN[SiH3]. The molecule has 0 aliphatic rings. The van der Waals surface area contributed by atoms with Crippen LogP contribution in [0.15, 0.2) is 0 Å². The van der Waals surface area contributed by atoms with Gasteiger partial charge in [0.25, 0.3) is 0 Å². The molecule has 0 aliphatic heterocycles. The summed E-state index contributed by atoms with van der Waals surface area (Å²) in [5.41, 5.74) is 5.93. The zero-order valence-electron chi connectivity index (χ0n) is 8.22. The van der Waals surface area contributed by atoms with Gasteiger partial charge in [0.05, 0.1) is 10.4 Å². The van der Waals surface area contributed by atoms with Crippen LogP contribution in [0.4, 0.5) is 0 Å². The quantitative estimate of drug-likeness (QED) is 0.570. The van der Waals surface area contributed by atoms with Crippen molar-refractivity contribution in [2.45, 2.75) is 33.2 Å². The van der Waals surface area contributed by atoms with Crippen LogP contribution in [0, 0.1) is 11.8 Å². The van der Waals surface area contributed by atoms with Crippen molar-refractivity contribution in [2.24, 2.45) is 17.6 Å². The largest absolute Gasteiger partial charge is 0.345 e. The third kappa shape index (κ3) is 3.89. The van der Waals surface area contributed by atoms with Crippen LogP contribution in [-0.4, -0.2) is 23.0 Å². The standard InChI is InChI=1S/C8H22N2Si/c1-4-8(9)7(3)6(2)5-10-11/h6-8,10H,4-5,9H2,1-3,11H3. The highest BCUT2D eigenvalue weighted by Gasteiger charge is 2.16. The van der Waals surface area contributed by atoms with E-state index in [1.165, 1.54) is 0 Å². The summed E-state index contributed by atoms with van der Waals surface area (Å²) in [6, 6.07) is 0.375. The molecule has 0 bridgehead atoms. The first-order chi connectivity index (χ1) is 5.13. The Balaban J connectivity index is 3.70. The average molecular weight is 174 g/mol. The average Bonchev–Trinajstić information content (AvgIpc) is 2.02. The van der Waals surface area contributed by atoms with Crippen molar-refractivity contribution in [3.8, 4) is 0 Å². The summed E-state index contributed by atoms with van der Waals surface area (Å²) in [4.78, 5) is 3.31. The van der Waals surface area contributed by atoms with Crippen molar-refractivity contribution >= 4 is 10.4 Å². The third-order valence-electron chi connectivity index (χ3n) is 2.57. The summed E-state index contributed by atoms with van der Waals surface area (Å²) >= 11 is 0. The van der Waals surface area contributed by atoms with Gasteiger partial charge in [0, 0.05) is 6.04 Å². The first kappa shape index (κ1) is 11.1. The lowest BCUT2D eigenvalue weighted by Crippen LogP contribution is -2.35. The maximum absolute atomic E-state index is 5.93. The van der Waals surface area contributed by atoms with E-state index in [0.29, 0.717) is 17.9 Å². The van der Waals surface area contributed by atoms with Crippen molar-refractivity contribution in [1.82, 2.24) is 4.98 Å². The fourth-order valence-electron chi connectivity index (χ4n) is 1.30. The lowest BCUT2D eigenvalue weighted by molar-refractivity contribution is 0.319. The van der Waals surface area contributed by atoms with Crippen molar-refractivity contribution < 1.29 is 0 Å². The molecule has 0 fully saturated rings. The van der Waals surface area contributed by atoms with E-state index in [2.05, 4.69) is 25.8 Å². The Bertz CT molecular complexity index is 98.1. The first-order valence-corrected chi connectivity index (χ1v) is 5.53. The van der Waals surface area contributed by atoms with Gasteiger partial charge < -0.3 is 10.7 Å². The molecule has 3 atom stereocenters. The molecule has 0 saturated heterocycles. The summed E-state index contributed by atoms with van der Waals surface area (Å²) in [6.07, 6.45) is 1.09. The highest BCUT2D eigenvalue weighted by atomic mass is 28.2. The van der Waals surface area contributed by atoms with Crippen LogP contribution < -0.4 is 10.7 Å². The van der Waals surface area contributed by atoms with E-state index in [4.69, 9.17) is 5.73 Å². The Morgan fingerprint density at radius 1 is 1.45 bits per heavy atom. The summed E-state index contributed by atoms with van der Waals surface area (Å²) in [5.74, 6) is 1.35. The second-order valence-corrected chi connectivity index (χ2v) is 4.17.